The molecule has 0 saturated heterocycles. The van der Waals surface area contributed by atoms with Crippen molar-refractivity contribution in [1.82, 2.24) is 4.90 Å². The lowest BCUT2D eigenvalue weighted by atomic mass is 10.2. The van der Waals surface area contributed by atoms with Gasteiger partial charge in [-0.05, 0) is 12.1 Å². The van der Waals surface area contributed by atoms with Crippen LogP contribution in [0.25, 0.3) is 0 Å². The van der Waals surface area contributed by atoms with Crippen molar-refractivity contribution in [3.63, 3.8) is 0 Å². The first-order valence-corrected chi connectivity index (χ1v) is 7.57. The highest BCUT2D eigenvalue weighted by Crippen LogP contribution is 2.34. The minimum Gasteiger partial charge on any atom is -0.480 e. The summed E-state index contributed by atoms with van der Waals surface area (Å²) in [6, 6.07) is 3.28. The molecule has 0 saturated carbocycles. The van der Waals surface area contributed by atoms with E-state index in [0.29, 0.717) is 30.7 Å². The Bertz CT molecular complexity index is 516. The average Bonchev–Trinajstić information content (AvgIpc) is 2.33. The number of halogens is 3. The molecule has 0 bridgehead atoms. The Morgan fingerprint density at radius 3 is 2.33 bits per heavy atom. The van der Waals surface area contributed by atoms with Crippen molar-refractivity contribution in [3.8, 4) is 0 Å². The molecule has 0 radical (unpaired) electrons. The molecule has 1 rings (SSSR count). The number of hydrogen-bond donors (Lipinski definition) is 1. The number of aliphatic carboxylic acids is 1. The van der Waals surface area contributed by atoms with Gasteiger partial charge in [-0.3, -0.25) is 4.79 Å². The summed E-state index contributed by atoms with van der Waals surface area (Å²) in [5.74, 6) is -0.509. The molecule has 120 valence electrons. The third-order valence-corrected chi connectivity index (χ3v) is 5.02. The third-order valence-electron chi connectivity index (χ3n) is 2.16. The molecule has 10 heteroatoms. The van der Waals surface area contributed by atoms with Crippen molar-refractivity contribution in [2.24, 2.45) is 0 Å². The average molecular weight is 395 g/mol. The molecular weight excluding hydrogens is 381 g/mol. The normalized spacial score (nSPS) is 9.33. The molecule has 0 atom stereocenters. The van der Waals surface area contributed by atoms with Crippen LogP contribution in [0.15, 0.2) is 12.1 Å². The molecule has 21 heavy (non-hydrogen) atoms. The molecule has 1 aromatic carbocycles. The van der Waals surface area contributed by atoms with E-state index in [1.165, 1.54) is 16.7 Å². The molecule has 0 unspecified atom stereocenters. The molecule has 0 aliphatic heterocycles. The molecule has 1 aromatic rings. The van der Waals surface area contributed by atoms with Gasteiger partial charge in [0.1, 0.15) is 10.9 Å². The van der Waals surface area contributed by atoms with Gasteiger partial charge in [0.05, 0.1) is 10.0 Å². The number of hydrogen-bond acceptors (Lipinski definition) is 3. The van der Waals surface area contributed by atoms with Gasteiger partial charge >= 0.3 is 5.97 Å². The topological polar surface area (TPSA) is 104 Å². The quantitative estimate of drug-likeness (QED) is 0.624. The molecule has 0 fully saturated rings. The fraction of sp³-hybridized carbons (Fsp3) is 0.273. The van der Waals surface area contributed by atoms with E-state index in [0.717, 1.165) is 0 Å². The van der Waals surface area contributed by atoms with Gasteiger partial charge in [0.25, 0.3) is 0 Å². The Kier molecular flexibility index (Phi) is 11.4. The van der Waals surface area contributed by atoms with Crippen LogP contribution in [-0.2, 0) is 10.5 Å². The van der Waals surface area contributed by atoms with Crippen LogP contribution in [0.4, 0.5) is 0 Å². The first-order valence-electron chi connectivity index (χ1n) is 5.05. The van der Waals surface area contributed by atoms with Crippen LogP contribution in [-0.4, -0.2) is 44.8 Å². The molecular formula is C11H14Cl3NO4S2. The number of carbonyl (C=O) groups is 1. The molecule has 0 aliphatic carbocycles. The second-order valence-electron chi connectivity index (χ2n) is 3.63. The van der Waals surface area contributed by atoms with E-state index < -0.39 is 5.97 Å². The SMILES string of the molecule is CN(CC(=O)O)C(=S)SCc1c(Cl)ccc(Cl)c1Cl.O.O. The summed E-state index contributed by atoms with van der Waals surface area (Å²) in [5.41, 5.74) is 0.687. The Morgan fingerprint density at radius 1 is 1.29 bits per heavy atom. The molecule has 0 heterocycles. The maximum absolute atomic E-state index is 10.6. The largest absolute Gasteiger partial charge is 0.480 e. The van der Waals surface area contributed by atoms with Crippen molar-refractivity contribution in [3.05, 3.63) is 32.8 Å². The monoisotopic (exact) mass is 393 g/mol. The van der Waals surface area contributed by atoms with Crippen molar-refractivity contribution in [2.45, 2.75) is 5.75 Å². The minimum atomic E-state index is -0.940. The molecule has 0 aliphatic rings. The lowest BCUT2D eigenvalue weighted by Crippen LogP contribution is -2.28. The Morgan fingerprint density at radius 2 is 1.81 bits per heavy atom. The Balaban J connectivity index is 0. The summed E-state index contributed by atoms with van der Waals surface area (Å²) < 4.78 is 0.453. The van der Waals surface area contributed by atoms with Gasteiger partial charge in [0, 0.05) is 23.4 Å². The van der Waals surface area contributed by atoms with E-state index in [1.54, 1.807) is 19.2 Å². The van der Waals surface area contributed by atoms with E-state index in [9.17, 15) is 4.79 Å². The number of carboxylic acids is 1. The summed E-state index contributed by atoms with van der Waals surface area (Å²) in [7, 11) is 1.62. The molecule has 5 nitrogen and oxygen atoms in total. The number of likely N-dealkylation sites (N-methyl/N-ethyl adjacent to an activating group) is 1. The zero-order valence-electron chi connectivity index (χ0n) is 10.8. The lowest BCUT2D eigenvalue weighted by molar-refractivity contribution is -0.137. The fourth-order valence-electron chi connectivity index (χ4n) is 1.21. The van der Waals surface area contributed by atoms with Crippen LogP contribution >= 0.6 is 58.8 Å². The van der Waals surface area contributed by atoms with Crippen molar-refractivity contribution >= 4 is 69.1 Å². The maximum Gasteiger partial charge on any atom is 0.323 e. The summed E-state index contributed by atoms with van der Waals surface area (Å²) in [6.45, 7) is -0.150. The predicted molar refractivity (Wildman–Crippen MR) is 92.9 cm³/mol. The Hall–Kier alpha value is -0.280. The molecule has 0 aromatic heterocycles. The van der Waals surface area contributed by atoms with Gasteiger partial charge in [-0.1, -0.05) is 58.8 Å². The minimum absolute atomic E-state index is 0. The van der Waals surface area contributed by atoms with Gasteiger partial charge in [-0.2, -0.15) is 0 Å². The summed E-state index contributed by atoms with van der Waals surface area (Å²) in [5, 5.41) is 9.99. The van der Waals surface area contributed by atoms with Gasteiger partial charge < -0.3 is 21.0 Å². The first kappa shape index (κ1) is 23.0. The lowest BCUT2D eigenvalue weighted by Gasteiger charge is -2.17. The highest BCUT2D eigenvalue weighted by molar-refractivity contribution is 8.22. The summed E-state index contributed by atoms with van der Waals surface area (Å²) >= 11 is 24.4. The van der Waals surface area contributed by atoms with Crippen LogP contribution in [0, 0.1) is 0 Å². The van der Waals surface area contributed by atoms with Crippen LogP contribution < -0.4 is 0 Å². The number of thiocarbonyl (C=S) groups is 1. The number of nitrogens with zero attached hydrogens (tertiary/aromatic N) is 1. The van der Waals surface area contributed by atoms with Gasteiger partial charge in [0.2, 0.25) is 0 Å². The predicted octanol–water partition coefficient (Wildman–Crippen LogP) is 2.53. The van der Waals surface area contributed by atoms with Gasteiger partial charge in [-0.15, -0.1) is 0 Å². The first-order chi connectivity index (χ1) is 8.82. The van der Waals surface area contributed by atoms with E-state index in [-0.39, 0.29) is 17.5 Å². The molecule has 5 N–H and O–H groups in total. The smallest absolute Gasteiger partial charge is 0.323 e. The maximum atomic E-state index is 10.6. The number of rotatable bonds is 4. The van der Waals surface area contributed by atoms with E-state index >= 15 is 0 Å². The van der Waals surface area contributed by atoms with Crippen LogP contribution in [0.5, 0.6) is 0 Å². The van der Waals surface area contributed by atoms with E-state index in [4.69, 9.17) is 52.1 Å². The summed E-state index contributed by atoms with van der Waals surface area (Å²) in [6.07, 6.45) is 0. The van der Waals surface area contributed by atoms with Crippen LogP contribution in [0.2, 0.25) is 15.1 Å². The van der Waals surface area contributed by atoms with Crippen molar-refractivity contribution in [1.29, 1.82) is 0 Å². The number of thioether (sulfide) groups is 1. The fourth-order valence-corrected chi connectivity index (χ4v) is 3.15. The molecule has 0 amide bonds. The van der Waals surface area contributed by atoms with Gasteiger partial charge in [-0.25, -0.2) is 0 Å². The summed E-state index contributed by atoms with van der Waals surface area (Å²) in [4.78, 5) is 12.0. The second kappa shape index (κ2) is 10.4. The van der Waals surface area contributed by atoms with Crippen LogP contribution in [0.1, 0.15) is 5.56 Å². The van der Waals surface area contributed by atoms with Gasteiger partial charge in [0.15, 0.2) is 0 Å². The second-order valence-corrected chi connectivity index (χ2v) is 6.43. The Labute approximate surface area is 146 Å². The highest BCUT2D eigenvalue weighted by atomic mass is 35.5. The third kappa shape index (κ3) is 7.01. The highest BCUT2D eigenvalue weighted by Gasteiger charge is 2.13. The molecule has 0 spiro atoms. The van der Waals surface area contributed by atoms with Crippen molar-refractivity contribution in [2.75, 3.05) is 13.6 Å². The van der Waals surface area contributed by atoms with E-state index in [1.807, 2.05) is 0 Å². The zero-order chi connectivity index (χ0) is 14.6. The van der Waals surface area contributed by atoms with Crippen LogP contribution in [0.3, 0.4) is 0 Å². The standard InChI is InChI=1S/C11H10Cl3NO2S2.2H2O/c1-15(4-9(16)17)11(18)19-5-6-7(12)2-3-8(13)10(6)14;;/h2-3H,4-5H2,1H3,(H,16,17);2*1H2. The van der Waals surface area contributed by atoms with E-state index in [2.05, 4.69) is 0 Å². The van der Waals surface area contributed by atoms with Crippen molar-refractivity contribution < 1.29 is 20.9 Å². The zero-order valence-corrected chi connectivity index (χ0v) is 14.7. The number of carboxylic acid groups (broad SMARTS) is 1. The number of benzene rings is 1.